The summed E-state index contributed by atoms with van der Waals surface area (Å²) >= 11 is 0. The van der Waals surface area contributed by atoms with Crippen molar-refractivity contribution in [2.24, 2.45) is 11.8 Å². The summed E-state index contributed by atoms with van der Waals surface area (Å²) in [6.45, 7) is -1.22. The Kier molecular flexibility index (Phi) is 4.62. The van der Waals surface area contributed by atoms with Crippen molar-refractivity contribution in [3.8, 4) is 0 Å². The maximum Gasteiger partial charge on any atom is 0.394 e. The first-order valence-electron chi connectivity index (χ1n) is 7.99. The fourth-order valence-corrected chi connectivity index (χ4v) is 2.94. The lowest BCUT2D eigenvalue weighted by Crippen LogP contribution is -2.35. The number of nitrogens with one attached hydrogen (secondary N) is 1. The molecule has 1 fully saturated rings. The third-order valence-corrected chi connectivity index (χ3v) is 4.35. The molecular weight excluding hydrogens is 369 g/mol. The molecule has 1 saturated heterocycles. The van der Waals surface area contributed by atoms with Crippen molar-refractivity contribution in [2.75, 3.05) is 37.4 Å². The number of hydrogen-bond acceptors (Lipinski definition) is 5. The smallest absolute Gasteiger partial charge is 0.394 e. The summed E-state index contributed by atoms with van der Waals surface area (Å²) in [6, 6.07) is 4.19. The second-order valence-corrected chi connectivity index (χ2v) is 6.50. The fourth-order valence-electron chi connectivity index (χ4n) is 2.94. The van der Waals surface area contributed by atoms with Crippen molar-refractivity contribution in [1.29, 1.82) is 0 Å². The molecule has 27 heavy (non-hydrogen) atoms. The van der Waals surface area contributed by atoms with Gasteiger partial charge in [0.25, 0.3) is 6.01 Å². The van der Waals surface area contributed by atoms with Gasteiger partial charge in [-0.05, 0) is 18.2 Å². The SMILES string of the molecule is CN(C)c1nc2cc(NC(=O)N3C[C@@H](C(F)(F)F)[C@H](C(=O)O)C3)ccc2o1. The molecular formula is C16H17F3N4O4. The van der Waals surface area contributed by atoms with E-state index in [0.717, 1.165) is 4.90 Å². The van der Waals surface area contributed by atoms with Gasteiger partial charge in [0.15, 0.2) is 5.58 Å². The van der Waals surface area contributed by atoms with E-state index in [2.05, 4.69) is 10.3 Å². The summed E-state index contributed by atoms with van der Waals surface area (Å²) in [5.74, 6) is -5.36. The highest BCUT2D eigenvalue weighted by Gasteiger charge is 2.53. The largest absolute Gasteiger partial charge is 0.481 e. The number of alkyl halides is 3. The lowest BCUT2D eigenvalue weighted by Gasteiger charge is -2.18. The van der Waals surface area contributed by atoms with E-state index in [9.17, 15) is 22.8 Å². The quantitative estimate of drug-likeness (QED) is 0.841. The first-order valence-corrected chi connectivity index (χ1v) is 7.99. The van der Waals surface area contributed by atoms with Crippen LogP contribution in [0.1, 0.15) is 0 Å². The van der Waals surface area contributed by atoms with Gasteiger partial charge in [-0.15, -0.1) is 0 Å². The summed E-state index contributed by atoms with van der Waals surface area (Å²) < 4.78 is 44.6. The molecule has 1 aliphatic heterocycles. The van der Waals surface area contributed by atoms with Gasteiger partial charge in [-0.3, -0.25) is 4.79 Å². The average Bonchev–Trinajstić information content (AvgIpc) is 3.18. The molecule has 0 radical (unpaired) electrons. The number of fused-ring (bicyclic) bond motifs is 1. The number of anilines is 2. The van der Waals surface area contributed by atoms with Crippen molar-refractivity contribution in [1.82, 2.24) is 9.88 Å². The normalized spacial score (nSPS) is 20.1. The van der Waals surface area contributed by atoms with Crippen LogP contribution in [0.5, 0.6) is 0 Å². The topological polar surface area (TPSA) is 98.9 Å². The van der Waals surface area contributed by atoms with Crippen LogP contribution in [0.15, 0.2) is 22.6 Å². The van der Waals surface area contributed by atoms with Crippen LogP contribution < -0.4 is 10.2 Å². The van der Waals surface area contributed by atoms with Gasteiger partial charge >= 0.3 is 18.2 Å². The molecule has 1 aromatic carbocycles. The highest BCUT2D eigenvalue weighted by Crippen LogP contribution is 2.38. The van der Waals surface area contributed by atoms with Gasteiger partial charge in [-0.1, -0.05) is 0 Å². The minimum atomic E-state index is -4.69. The molecule has 0 unspecified atom stereocenters. The van der Waals surface area contributed by atoms with E-state index >= 15 is 0 Å². The monoisotopic (exact) mass is 386 g/mol. The van der Waals surface area contributed by atoms with Crippen molar-refractivity contribution in [3.63, 3.8) is 0 Å². The van der Waals surface area contributed by atoms with E-state index in [1.54, 1.807) is 25.1 Å². The van der Waals surface area contributed by atoms with E-state index in [1.807, 2.05) is 0 Å². The van der Waals surface area contributed by atoms with Gasteiger partial charge in [-0.25, -0.2) is 4.79 Å². The minimum Gasteiger partial charge on any atom is -0.481 e. The highest BCUT2D eigenvalue weighted by molar-refractivity contribution is 5.92. The van der Waals surface area contributed by atoms with Gasteiger partial charge < -0.3 is 24.6 Å². The molecule has 2 atom stereocenters. The van der Waals surface area contributed by atoms with Crippen LogP contribution in [0.2, 0.25) is 0 Å². The summed E-state index contributed by atoms with van der Waals surface area (Å²) in [6.07, 6.45) is -4.69. The Bertz CT molecular complexity index is 880. The molecule has 8 nitrogen and oxygen atoms in total. The number of carbonyl (C=O) groups is 2. The fraction of sp³-hybridized carbons (Fsp3) is 0.438. The highest BCUT2D eigenvalue weighted by atomic mass is 19.4. The maximum atomic E-state index is 13.0. The first kappa shape index (κ1) is 18.8. The number of halogens is 3. The van der Waals surface area contributed by atoms with Crippen molar-refractivity contribution < 1.29 is 32.3 Å². The molecule has 146 valence electrons. The molecule has 0 saturated carbocycles. The number of rotatable bonds is 3. The summed E-state index contributed by atoms with van der Waals surface area (Å²) in [7, 11) is 3.49. The predicted octanol–water partition coefficient (Wildman–Crippen LogP) is 2.62. The zero-order valence-electron chi connectivity index (χ0n) is 14.4. The Labute approximate surface area is 151 Å². The number of oxazole rings is 1. The zero-order valence-corrected chi connectivity index (χ0v) is 14.4. The van der Waals surface area contributed by atoms with Crippen molar-refractivity contribution in [3.05, 3.63) is 18.2 Å². The van der Waals surface area contributed by atoms with Crippen LogP contribution in [-0.4, -0.2) is 60.4 Å². The number of urea groups is 1. The van der Waals surface area contributed by atoms with Gasteiger partial charge in [0.2, 0.25) is 0 Å². The molecule has 2 amide bonds. The summed E-state index contributed by atoms with van der Waals surface area (Å²) in [5, 5.41) is 11.5. The Balaban J connectivity index is 1.75. The van der Waals surface area contributed by atoms with E-state index in [-0.39, 0.29) is 0 Å². The number of carboxylic acids is 1. The molecule has 2 aromatic rings. The number of carboxylic acid groups (broad SMARTS) is 1. The molecule has 0 bridgehead atoms. The van der Waals surface area contributed by atoms with E-state index in [1.165, 1.54) is 12.1 Å². The van der Waals surface area contributed by atoms with Crippen molar-refractivity contribution >= 4 is 34.8 Å². The number of amides is 2. The Hall–Kier alpha value is -2.98. The predicted molar refractivity (Wildman–Crippen MR) is 89.6 cm³/mol. The van der Waals surface area contributed by atoms with Gasteiger partial charge in [0, 0.05) is 32.9 Å². The van der Waals surface area contributed by atoms with Crippen LogP contribution in [0.3, 0.4) is 0 Å². The Morgan fingerprint density at radius 2 is 2.04 bits per heavy atom. The molecule has 3 rings (SSSR count). The Morgan fingerprint density at radius 3 is 2.59 bits per heavy atom. The van der Waals surface area contributed by atoms with E-state index in [0.29, 0.717) is 22.8 Å². The number of hydrogen-bond donors (Lipinski definition) is 2. The van der Waals surface area contributed by atoms with Crippen LogP contribution >= 0.6 is 0 Å². The molecule has 1 aliphatic rings. The molecule has 0 aliphatic carbocycles. The summed E-state index contributed by atoms with van der Waals surface area (Å²) in [4.78, 5) is 30.2. The molecule has 1 aromatic heterocycles. The Morgan fingerprint density at radius 1 is 1.33 bits per heavy atom. The minimum absolute atomic E-state index is 0.313. The van der Waals surface area contributed by atoms with Gasteiger partial charge in [0.1, 0.15) is 5.52 Å². The van der Waals surface area contributed by atoms with Crippen LogP contribution in [0.25, 0.3) is 11.1 Å². The number of likely N-dealkylation sites (tertiary alicyclic amines) is 1. The standard InChI is InChI=1S/C16H17F3N4O4/c1-22(2)15-21-11-5-8(3-4-12(11)27-15)20-14(26)23-6-9(13(24)25)10(7-23)16(17,18)19/h3-5,9-10H,6-7H2,1-2H3,(H,20,26)(H,24,25)/t9-,10-/m1/s1. The zero-order chi connectivity index (χ0) is 19.9. The first-order chi connectivity index (χ1) is 12.6. The van der Waals surface area contributed by atoms with Crippen LogP contribution in [0.4, 0.5) is 29.7 Å². The lowest BCUT2D eigenvalue weighted by atomic mass is 9.96. The van der Waals surface area contributed by atoms with Crippen LogP contribution in [0, 0.1) is 11.8 Å². The van der Waals surface area contributed by atoms with E-state index in [4.69, 9.17) is 9.52 Å². The summed E-state index contributed by atoms with van der Waals surface area (Å²) in [5.41, 5.74) is 1.27. The second kappa shape index (κ2) is 6.63. The number of aliphatic carboxylic acids is 1. The number of carbonyl (C=O) groups excluding carboxylic acids is 1. The maximum absolute atomic E-state index is 13.0. The third kappa shape index (κ3) is 3.76. The number of aromatic nitrogens is 1. The van der Waals surface area contributed by atoms with Crippen molar-refractivity contribution in [2.45, 2.75) is 6.18 Å². The molecule has 0 spiro atoms. The van der Waals surface area contributed by atoms with Gasteiger partial charge in [-0.2, -0.15) is 18.2 Å². The lowest BCUT2D eigenvalue weighted by molar-refractivity contribution is -0.187. The van der Waals surface area contributed by atoms with Gasteiger partial charge in [0.05, 0.1) is 11.8 Å². The van der Waals surface area contributed by atoms with Crippen LogP contribution in [-0.2, 0) is 4.79 Å². The second-order valence-electron chi connectivity index (χ2n) is 6.50. The van der Waals surface area contributed by atoms with E-state index < -0.39 is 43.1 Å². The number of benzene rings is 1. The average molecular weight is 386 g/mol. The third-order valence-electron chi connectivity index (χ3n) is 4.35. The number of nitrogens with zero attached hydrogens (tertiary/aromatic N) is 3. The molecule has 2 heterocycles. The molecule has 11 heteroatoms. The molecule has 2 N–H and O–H groups in total.